The van der Waals surface area contributed by atoms with E-state index in [4.69, 9.17) is 9.47 Å². The number of carbonyl (C=O) groups is 1. The fourth-order valence-corrected chi connectivity index (χ4v) is 6.32. The highest BCUT2D eigenvalue weighted by Crippen LogP contribution is 2.40. The molecule has 1 aliphatic rings. The summed E-state index contributed by atoms with van der Waals surface area (Å²) < 4.78 is 11.5. The summed E-state index contributed by atoms with van der Waals surface area (Å²) in [4.78, 5) is 11.6. The van der Waals surface area contributed by atoms with Gasteiger partial charge in [0.25, 0.3) is 0 Å². The lowest BCUT2D eigenvalue weighted by Crippen LogP contribution is -2.40. The highest BCUT2D eigenvalue weighted by Gasteiger charge is 2.36. The first-order chi connectivity index (χ1) is 12.5. The van der Waals surface area contributed by atoms with Gasteiger partial charge in [-0.05, 0) is 23.5 Å². The standard InChI is InChI=1S/C20H30O4S2/c1-14(17(21)12-18(22)23-3)19(15(2)20-25-10-7-11-26-20)24-13-16-8-5-4-6-9-16/h4-6,8-9,14-15,17,19-21H,7,10-13H2,1-3H3/t14-,15?,17+,19+/m1/s1. The zero-order valence-electron chi connectivity index (χ0n) is 15.8. The second-order valence-electron chi connectivity index (χ2n) is 6.79. The molecule has 0 bridgehead atoms. The van der Waals surface area contributed by atoms with Crippen molar-refractivity contribution in [2.45, 2.75) is 50.1 Å². The van der Waals surface area contributed by atoms with Crippen LogP contribution < -0.4 is 0 Å². The molecule has 146 valence electrons. The quantitative estimate of drug-likeness (QED) is 0.636. The van der Waals surface area contributed by atoms with Crippen molar-refractivity contribution in [2.75, 3.05) is 18.6 Å². The number of thioether (sulfide) groups is 2. The number of rotatable bonds is 9. The van der Waals surface area contributed by atoms with E-state index >= 15 is 0 Å². The SMILES string of the molecule is COC(=O)C[C@H](O)[C@@H](C)[C@H](OCc1ccccc1)C(C)C1SCCCS1. The van der Waals surface area contributed by atoms with E-state index in [0.717, 1.165) is 5.56 Å². The molecule has 1 N–H and O–H groups in total. The number of hydrogen-bond acceptors (Lipinski definition) is 6. The van der Waals surface area contributed by atoms with Gasteiger partial charge in [0.2, 0.25) is 0 Å². The third kappa shape index (κ3) is 6.48. The molecule has 1 heterocycles. The van der Waals surface area contributed by atoms with Crippen molar-refractivity contribution in [1.29, 1.82) is 0 Å². The molecule has 0 aromatic heterocycles. The topological polar surface area (TPSA) is 55.8 Å². The van der Waals surface area contributed by atoms with E-state index in [-0.39, 0.29) is 30.3 Å². The molecule has 0 spiro atoms. The molecule has 4 atom stereocenters. The van der Waals surface area contributed by atoms with Gasteiger partial charge in [-0.3, -0.25) is 4.79 Å². The van der Waals surface area contributed by atoms with Crippen LogP contribution in [0.25, 0.3) is 0 Å². The van der Waals surface area contributed by atoms with E-state index in [1.807, 2.05) is 60.8 Å². The molecule has 2 rings (SSSR count). The second-order valence-corrected chi connectivity index (χ2v) is 9.59. The molecule has 1 saturated heterocycles. The third-order valence-corrected chi connectivity index (χ3v) is 8.20. The summed E-state index contributed by atoms with van der Waals surface area (Å²) >= 11 is 3.96. The van der Waals surface area contributed by atoms with Crippen LogP contribution in [0.15, 0.2) is 30.3 Å². The van der Waals surface area contributed by atoms with Crippen LogP contribution in [0.2, 0.25) is 0 Å². The molecule has 0 aliphatic carbocycles. The van der Waals surface area contributed by atoms with Crippen molar-refractivity contribution >= 4 is 29.5 Å². The van der Waals surface area contributed by atoms with E-state index in [2.05, 4.69) is 6.92 Å². The zero-order chi connectivity index (χ0) is 18.9. The maximum Gasteiger partial charge on any atom is 0.308 e. The molecule has 1 aliphatic heterocycles. The first-order valence-electron chi connectivity index (χ1n) is 9.16. The summed E-state index contributed by atoms with van der Waals surface area (Å²) in [5.41, 5.74) is 1.11. The van der Waals surface area contributed by atoms with Gasteiger partial charge in [-0.1, -0.05) is 44.2 Å². The fraction of sp³-hybridized carbons (Fsp3) is 0.650. The number of benzene rings is 1. The number of hydrogen-bond donors (Lipinski definition) is 1. The number of aliphatic hydroxyl groups is 1. The van der Waals surface area contributed by atoms with Crippen molar-refractivity contribution in [1.82, 2.24) is 0 Å². The highest BCUT2D eigenvalue weighted by atomic mass is 32.2. The lowest BCUT2D eigenvalue weighted by molar-refractivity contribution is -0.145. The van der Waals surface area contributed by atoms with E-state index in [0.29, 0.717) is 11.2 Å². The Morgan fingerprint density at radius 2 is 1.88 bits per heavy atom. The lowest BCUT2D eigenvalue weighted by Gasteiger charge is -2.37. The lowest BCUT2D eigenvalue weighted by atomic mass is 9.88. The van der Waals surface area contributed by atoms with Crippen LogP contribution in [0.1, 0.15) is 32.3 Å². The van der Waals surface area contributed by atoms with E-state index in [1.54, 1.807) is 0 Å². The van der Waals surface area contributed by atoms with Crippen molar-refractivity contribution in [3.8, 4) is 0 Å². The van der Waals surface area contributed by atoms with Crippen LogP contribution in [-0.4, -0.2) is 46.5 Å². The van der Waals surface area contributed by atoms with Crippen molar-refractivity contribution in [3.63, 3.8) is 0 Å². The van der Waals surface area contributed by atoms with Gasteiger partial charge in [-0.25, -0.2) is 0 Å². The van der Waals surface area contributed by atoms with Crippen LogP contribution in [-0.2, 0) is 20.9 Å². The van der Waals surface area contributed by atoms with Gasteiger partial charge >= 0.3 is 5.97 Å². The Morgan fingerprint density at radius 1 is 1.23 bits per heavy atom. The highest BCUT2D eigenvalue weighted by molar-refractivity contribution is 8.17. The minimum Gasteiger partial charge on any atom is -0.469 e. The monoisotopic (exact) mass is 398 g/mol. The molecule has 0 amide bonds. The van der Waals surface area contributed by atoms with Gasteiger partial charge in [0.1, 0.15) is 0 Å². The molecule has 1 unspecified atom stereocenters. The predicted molar refractivity (Wildman–Crippen MR) is 109 cm³/mol. The number of aliphatic hydroxyl groups excluding tert-OH is 1. The maximum absolute atomic E-state index is 11.6. The first-order valence-corrected chi connectivity index (χ1v) is 11.3. The molecule has 0 saturated carbocycles. The van der Waals surface area contributed by atoms with E-state index < -0.39 is 6.10 Å². The summed E-state index contributed by atoms with van der Waals surface area (Å²) in [5, 5.41) is 10.5. The van der Waals surface area contributed by atoms with E-state index in [1.165, 1.54) is 25.0 Å². The predicted octanol–water partition coefficient (Wildman–Crippen LogP) is 3.96. The Balaban J connectivity index is 2.06. The van der Waals surface area contributed by atoms with E-state index in [9.17, 15) is 9.90 Å². The van der Waals surface area contributed by atoms with Gasteiger partial charge in [0, 0.05) is 11.8 Å². The Kier molecular flexibility index (Phi) is 9.33. The van der Waals surface area contributed by atoms with Gasteiger partial charge in [-0.2, -0.15) is 0 Å². The molecule has 0 radical (unpaired) electrons. The number of ether oxygens (including phenoxy) is 2. The molecule has 1 fully saturated rings. The van der Waals surface area contributed by atoms with Crippen molar-refractivity contribution < 1.29 is 19.4 Å². The number of carbonyl (C=O) groups excluding carboxylic acids is 1. The molecule has 26 heavy (non-hydrogen) atoms. The Labute approximate surface area is 165 Å². The fourth-order valence-electron chi connectivity index (χ4n) is 3.17. The Hall–Kier alpha value is -0.690. The first kappa shape index (κ1) is 21.6. The zero-order valence-corrected chi connectivity index (χ0v) is 17.4. The largest absolute Gasteiger partial charge is 0.469 e. The van der Waals surface area contributed by atoms with Crippen LogP contribution in [0.4, 0.5) is 0 Å². The van der Waals surface area contributed by atoms with Crippen LogP contribution in [0.5, 0.6) is 0 Å². The molecule has 1 aromatic carbocycles. The van der Waals surface area contributed by atoms with Crippen molar-refractivity contribution in [3.05, 3.63) is 35.9 Å². The smallest absolute Gasteiger partial charge is 0.308 e. The van der Waals surface area contributed by atoms with Crippen LogP contribution in [0, 0.1) is 11.8 Å². The minimum atomic E-state index is -0.774. The summed E-state index contributed by atoms with van der Waals surface area (Å²) in [7, 11) is 1.35. The minimum absolute atomic E-state index is 0.000532. The molecule has 6 heteroatoms. The van der Waals surface area contributed by atoms with Gasteiger partial charge in [0.05, 0.1) is 36.9 Å². The van der Waals surface area contributed by atoms with Crippen LogP contribution in [0.3, 0.4) is 0 Å². The molecular formula is C20H30O4S2. The van der Waals surface area contributed by atoms with Gasteiger partial charge < -0.3 is 14.6 Å². The average molecular weight is 399 g/mol. The van der Waals surface area contributed by atoms with Crippen LogP contribution >= 0.6 is 23.5 Å². The molecular weight excluding hydrogens is 368 g/mol. The molecule has 1 aromatic rings. The molecule has 4 nitrogen and oxygen atoms in total. The maximum atomic E-state index is 11.6. The summed E-state index contributed by atoms with van der Waals surface area (Å²) in [6, 6.07) is 10.1. The average Bonchev–Trinajstić information content (AvgIpc) is 2.69. The van der Waals surface area contributed by atoms with Crippen molar-refractivity contribution in [2.24, 2.45) is 11.8 Å². The summed E-state index contributed by atoms with van der Waals surface area (Å²) in [6.45, 7) is 4.68. The Morgan fingerprint density at radius 3 is 2.50 bits per heavy atom. The summed E-state index contributed by atoms with van der Waals surface area (Å²) in [6.07, 6.45) is 0.344. The normalized spacial score (nSPS) is 20.2. The second kappa shape index (κ2) is 11.2. The third-order valence-electron chi connectivity index (χ3n) is 4.81. The Bertz CT molecular complexity index is 534. The number of methoxy groups -OCH3 is 1. The van der Waals surface area contributed by atoms with Gasteiger partial charge in [0.15, 0.2) is 0 Å². The number of esters is 1. The summed E-state index contributed by atoms with van der Waals surface area (Å²) in [5.74, 6) is 2.08. The van der Waals surface area contributed by atoms with Gasteiger partial charge in [-0.15, -0.1) is 23.5 Å².